The molecule has 0 unspecified atom stereocenters. The number of aromatic nitrogens is 1. The average molecular weight is 235 g/mol. The number of nitrogens with zero attached hydrogens (tertiary/aromatic N) is 1. The number of hydrogen-bond acceptors (Lipinski definition) is 3. The summed E-state index contributed by atoms with van der Waals surface area (Å²) in [6.07, 6.45) is 5.59. The molecule has 2 rings (SSSR count). The Kier molecular flexibility index (Phi) is 4.34. The molecule has 0 bridgehead atoms. The third-order valence-electron chi connectivity index (χ3n) is 3.26. The van der Waals surface area contributed by atoms with E-state index in [4.69, 9.17) is 0 Å². The third-order valence-corrected chi connectivity index (χ3v) is 3.26. The normalized spacial score (nSPS) is 20.7. The van der Waals surface area contributed by atoms with Crippen molar-refractivity contribution in [3.8, 4) is 0 Å². The minimum absolute atomic E-state index is 0.160. The molecule has 94 valence electrons. The Morgan fingerprint density at radius 3 is 3.06 bits per heavy atom. The second-order valence-electron chi connectivity index (χ2n) is 4.85. The van der Waals surface area contributed by atoms with Crippen molar-refractivity contribution in [2.45, 2.75) is 25.3 Å². The van der Waals surface area contributed by atoms with Crippen molar-refractivity contribution in [2.75, 3.05) is 26.7 Å². The average Bonchev–Trinajstić information content (AvgIpc) is 2.83. The minimum atomic E-state index is 0.160. The highest BCUT2D eigenvalue weighted by atomic mass is 16.1. The van der Waals surface area contributed by atoms with Crippen LogP contribution in [0.25, 0.3) is 0 Å². The number of hydrogen-bond donors (Lipinski definition) is 2. The number of ketones is 1. The molecular weight excluding hydrogens is 214 g/mol. The van der Waals surface area contributed by atoms with Gasteiger partial charge in [0.1, 0.15) is 0 Å². The van der Waals surface area contributed by atoms with Crippen LogP contribution in [0.3, 0.4) is 0 Å². The molecule has 17 heavy (non-hydrogen) atoms. The van der Waals surface area contributed by atoms with Crippen LogP contribution in [-0.2, 0) is 0 Å². The number of Topliss-reactive ketones (excluding diaryl/α,β-unsaturated/α-hetero) is 1. The number of nitrogens with one attached hydrogen (secondary N) is 2. The summed E-state index contributed by atoms with van der Waals surface area (Å²) < 4.78 is 0. The molecule has 0 amide bonds. The van der Waals surface area contributed by atoms with Gasteiger partial charge in [-0.05, 0) is 38.6 Å². The first kappa shape index (κ1) is 12.3. The van der Waals surface area contributed by atoms with Gasteiger partial charge in [-0.1, -0.05) is 6.42 Å². The largest absolute Gasteiger partial charge is 0.359 e. The van der Waals surface area contributed by atoms with Gasteiger partial charge < -0.3 is 10.3 Å². The zero-order valence-corrected chi connectivity index (χ0v) is 10.4. The number of rotatable bonds is 5. The monoisotopic (exact) mass is 235 g/mol. The molecule has 0 aliphatic carbocycles. The third kappa shape index (κ3) is 3.68. The summed E-state index contributed by atoms with van der Waals surface area (Å²) >= 11 is 0. The van der Waals surface area contributed by atoms with Crippen LogP contribution in [-0.4, -0.2) is 48.4 Å². The molecule has 4 nitrogen and oxygen atoms in total. The Balaban J connectivity index is 1.76. The molecule has 1 aliphatic rings. The number of H-pyrrole nitrogens is 1. The van der Waals surface area contributed by atoms with E-state index < -0.39 is 0 Å². The number of carbonyl (C=O) groups is 1. The molecule has 0 saturated carbocycles. The van der Waals surface area contributed by atoms with Crippen molar-refractivity contribution in [3.63, 3.8) is 0 Å². The van der Waals surface area contributed by atoms with Crippen LogP contribution in [0, 0.1) is 0 Å². The van der Waals surface area contributed by atoms with Gasteiger partial charge in [0.15, 0.2) is 5.78 Å². The fourth-order valence-corrected chi connectivity index (χ4v) is 2.35. The molecule has 1 atom stereocenters. The molecule has 1 aromatic heterocycles. The van der Waals surface area contributed by atoms with E-state index in [1.807, 2.05) is 19.2 Å². The molecule has 2 N–H and O–H groups in total. The smallest absolute Gasteiger partial charge is 0.192 e. The molecule has 1 saturated heterocycles. The molecule has 1 aliphatic heterocycles. The lowest BCUT2D eigenvalue weighted by atomic mass is 10.0. The first-order chi connectivity index (χ1) is 8.25. The van der Waals surface area contributed by atoms with Crippen molar-refractivity contribution in [1.82, 2.24) is 15.2 Å². The molecule has 1 fully saturated rings. The lowest BCUT2D eigenvalue weighted by Crippen LogP contribution is -2.43. The van der Waals surface area contributed by atoms with E-state index >= 15 is 0 Å². The summed E-state index contributed by atoms with van der Waals surface area (Å²) in [6.45, 7) is 2.55. The molecule has 0 radical (unpaired) electrons. The summed E-state index contributed by atoms with van der Waals surface area (Å²) in [5.41, 5.74) is 0.702. The quantitative estimate of drug-likeness (QED) is 0.756. The zero-order valence-electron chi connectivity index (χ0n) is 10.4. The topological polar surface area (TPSA) is 48.1 Å². The van der Waals surface area contributed by atoms with Crippen LogP contribution in [0.15, 0.2) is 18.3 Å². The highest BCUT2D eigenvalue weighted by Crippen LogP contribution is 2.08. The number of likely N-dealkylation sites (N-methyl/N-ethyl adjacent to an activating group) is 1. The van der Waals surface area contributed by atoms with E-state index in [-0.39, 0.29) is 5.78 Å². The summed E-state index contributed by atoms with van der Waals surface area (Å²) in [5.74, 6) is 0.160. The van der Waals surface area contributed by atoms with E-state index in [0.717, 1.165) is 13.1 Å². The van der Waals surface area contributed by atoms with Gasteiger partial charge in [0.05, 0.1) is 12.2 Å². The van der Waals surface area contributed by atoms with Gasteiger partial charge in [0.25, 0.3) is 0 Å². The molecule has 4 heteroatoms. The highest BCUT2D eigenvalue weighted by molar-refractivity contribution is 5.95. The van der Waals surface area contributed by atoms with E-state index in [2.05, 4.69) is 15.2 Å². The van der Waals surface area contributed by atoms with Crippen molar-refractivity contribution in [1.29, 1.82) is 0 Å². The molecule has 0 spiro atoms. The van der Waals surface area contributed by atoms with Crippen molar-refractivity contribution in [2.24, 2.45) is 0 Å². The van der Waals surface area contributed by atoms with Crippen LogP contribution in [0.4, 0.5) is 0 Å². The first-order valence-electron chi connectivity index (χ1n) is 6.34. The Hall–Kier alpha value is -1.13. The summed E-state index contributed by atoms with van der Waals surface area (Å²) in [4.78, 5) is 16.9. The Morgan fingerprint density at radius 2 is 2.41 bits per heavy atom. The lowest BCUT2D eigenvalue weighted by Gasteiger charge is -2.27. The summed E-state index contributed by atoms with van der Waals surface area (Å²) in [5, 5.41) is 3.50. The molecule has 1 aromatic rings. The maximum atomic E-state index is 11.9. The lowest BCUT2D eigenvalue weighted by molar-refractivity contribution is 0.0934. The van der Waals surface area contributed by atoms with Crippen LogP contribution in [0.5, 0.6) is 0 Å². The maximum Gasteiger partial charge on any atom is 0.192 e. The van der Waals surface area contributed by atoms with Gasteiger partial charge in [-0.2, -0.15) is 0 Å². The van der Waals surface area contributed by atoms with Gasteiger partial charge in [-0.3, -0.25) is 9.69 Å². The fraction of sp³-hybridized carbons (Fsp3) is 0.615. The standard InChI is InChI=1S/C13H21N3O/c1-16(9-11-5-2-3-7-14-11)10-13(17)12-6-4-8-15-12/h4,6,8,11,14-15H,2-3,5,7,9-10H2,1H3/t11-/m0/s1. The highest BCUT2D eigenvalue weighted by Gasteiger charge is 2.16. The van der Waals surface area contributed by atoms with Crippen LogP contribution < -0.4 is 5.32 Å². The van der Waals surface area contributed by atoms with Gasteiger partial charge >= 0.3 is 0 Å². The second kappa shape index (κ2) is 5.98. The number of carbonyl (C=O) groups excluding carboxylic acids is 1. The first-order valence-corrected chi connectivity index (χ1v) is 6.34. The summed E-state index contributed by atoms with van der Waals surface area (Å²) in [6, 6.07) is 4.23. The van der Waals surface area contributed by atoms with Gasteiger partial charge in [0, 0.05) is 18.8 Å². The fourth-order valence-electron chi connectivity index (χ4n) is 2.35. The summed E-state index contributed by atoms with van der Waals surface area (Å²) in [7, 11) is 2.01. The number of piperidine rings is 1. The van der Waals surface area contributed by atoms with Crippen molar-refractivity contribution in [3.05, 3.63) is 24.0 Å². The van der Waals surface area contributed by atoms with E-state index in [9.17, 15) is 4.79 Å². The number of aromatic amines is 1. The van der Waals surface area contributed by atoms with E-state index in [1.54, 1.807) is 6.20 Å². The van der Waals surface area contributed by atoms with Crippen LogP contribution in [0.1, 0.15) is 29.8 Å². The molecule has 0 aromatic carbocycles. The Labute approximate surface area is 102 Å². The van der Waals surface area contributed by atoms with E-state index in [1.165, 1.54) is 19.3 Å². The predicted molar refractivity (Wildman–Crippen MR) is 68.3 cm³/mol. The Bertz CT molecular complexity index is 342. The minimum Gasteiger partial charge on any atom is -0.359 e. The van der Waals surface area contributed by atoms with E-state index in [0.29, 0.717) is 18.3 Å². The van der Waals surface area contributed by atoms with Gasteiger partial charge in [-0.15, -0.1) is 0 Å². The maximum absolute atomic E-state index is 11.9. The van der Waals surface area contributed by atoms with Gasteiger partial charge in [0.2, 0.25) is 0 Å². The van der Waals surface area contributed by atoms with Crippen LogP contribution >= 0.6 is 0 Å². The SMILES string of the molecule is CN(CC(=O)c1ccc[nH]1)C[C@@H]1CCCCN1. The molecule has 2 heterocycles. The molecular formula is C13H21N3O. The Morgan fingerprint density at radius 1 is 1.53 bits per heavy atom. The van der Waals surface area contributed by atoms with Gasteiger partial charge in [-0.25, -0.2) is 0 Å². The zero-order chi connectivity index (χ0) is 12.1. The van der Waals surface area contributed by atoms with Crippen LogP contribution in [0.2, 0.25) is 0 Å². The van der Waals surface area contributed by atoms with Crippen molar-refractivity contribution >= 4 is 5.78 Å². The predicted octanol–water partition coefficient (Wildman–Crippen LogP) is 1.27. The van der Waals surface area contributed by atoms with Crippen molar-refractivity contribution < 1.29 is 4.79 Å². The second-order valence-corrected chi connectivity index (χ2v) is 4.85.